The lowest BCUT2D eigenvalue weighted by Gasteiger charge is -2.13. The van der Waals surface area contributed by atoms with Gasteiger partial charge in [0.25, 0.3) is 0 Å². The molecule has 0 heterocycles. The fourth-order valence-corrected chi connectivity index (χ4v) is 1.55. The van der Waals surface area contributed by atoms with E-state index in [0.29, 0.717) is 12.2 Å². The van der Waals surface area contributed by atoms with E-state index in [1.165, 1.54) is 24.3 Å². The van der Waals surface area contributed by atoms with E-state index in [1.54, 1.807) is 6.92 Å². The number of aliphatic carboxylic acids is 1. The van der Waals surface area contributed by atoms with Crippen LogP contribution in [0.25, 0.3) is 0 Å². The molecule has 0 aliphatic carbocycles. The van der Waals surface area contributed by atoms with Gasteiger partial charge in [-0.2, -0.15) is 0 Å². The highest BCUT2D eigenvalue weighted by atomic mass is 19.1. The van der Waals surface area contributed by atoms with Crippen LogP contribution in [0.4, 0.5) is 4.39 Å². The van der Waals surface area contributed by atoms with Crippen molar-refractivity contribution >= 4 is 11.9 Å². The summed E-state index contributed by atoms with van der Waals surface area (Å²) in [5.74, 6) is -0.934. The second-order valence-electron chi connectivity index (χ2n) is 4.45. The van der Waals surface area contributed by atoms with E-state index in [-0.39, 0.29) is 37.2 Å². The summed E-state index contributed by atoms with van der Waals surface area (Å²) in [6, 6.07) is 5.35. The van der Waals surface area contributed by atoms with Crippen molar-refractivity contribution in [3.05, 3.63) is 30.1 Å². The van der Waals surface area contributed by atoms with Crippen molar-refractivity contribution in [3.8, 4) is 5.75 Å². The molecule has 0 fully saturated rings. The van der Waals surface area contributed by atoms with Crippen molar-refractivity contribution in [1.82, 2.24) is 5.32 Å². The molecule has 0 saturated heterocycles. The lowest BCUT2D eigenvalue weighted by Crippen LogP contribution is -2.33. The Kier molecular flexibility index (Phi) is 6.49. The first-order valence-corrected chi connectivity index (χ1v) is 6.37. The van der Waals surface area contributed by atoms with Gasteiger partial charge in [0.15, 0.2) is 0 Å². The number of nitrogens with one attached hydrogen (secondary N) is 1. The van der Waals surface area contributed by atoms with Crippen molar-refractivity contribution in [2.24, 2.45) is 0 Å². The lowest BCUT2D eigenvalue weighted by molar-refractivity contribution is -0.137. The number of hydrogen-bond donors (Lipinski definition) is 2. The van der Waals surface area contributed by atoms with E-state index >= 15 is 0 Å². The zero-order valence-corrected chi connectivity index (χ0v) is 11.3. The van der Waals surface area contributed by atoms with Crippen molar-refractivity contribution in [3.63, 3.8) is 0 Å². The van der Waals surface area contributed by atoms with E-state index in [1.807, 2.05) is 0 Å². The molecule has 0 aromatic heterocycles. The minimum atomic E-state index is -0.884. The molecule has 0 radical (unpaired) electrons. The first kappa shape index (κ1) is 15.9. The molecule has 6 heteroatoms. The molecule has 1 atom stereocenters. The van der Waals surface area contributed by atoms with Gasteiger partial charge in [0.05, 0.1) is 13.0 Å². The number of ether oxygens (including phenoxy) is 1. The van der Waals surface area contributed by atoms with E-state index in [9.17, 15) is 14.0 Å². The van der Waals surface area contributed by atoms with Crippen LogP contribution in [0.2, 0.25) is 0 Å². The Morgan fingerprint density at radius 3 is 2.55 bits per heavy atom. The standard InChI is InChI=1S/C14H18FNO4/c1-10(2-7-14(18)19)16-13(17)8-9-20-12-5-3-11(15)4-6-12/h3-6,10H,2,7-9H2,1H3,(H,16,17)(H,18,19). The molecule has 1 aromatic carbocycles. The number of carboxylic acids is 1. The predicted molar refractivity (Wildman–Crippen MR) is 71.0 cm³/mol. The molecular weight excluding hydrogens is 265 g/mol. The van der Waals surface area contributed by atoms with Crippen LogP contribution in [0.5, 0.6) is 5.75 Å². The van der Waals surface area contributed by atoms with Crippen LogP contribution in [0.3, 0.4) is 0 Å². The van der Waals surface area contributed by atoms with Gasteiger partial charge >= 0.3 is 5.97 Å². The van der Waals surface area contributed by atoms with E-state index < -0.39 is 5.97 Å². The molecule has 0 bridgehead atoms. The summed E-state index contributed by atoms with van der Waals surface area (Å²) < 4.78 is 17.9. The van der Waals surface area contributed by atoms with Gasteiger partial charge in [-0.1, -0.05) is 0 Å². The molecule has 1 rings (SSSR count). The molecule has 0 spiro atoms. The summed E-state index contributed by atoms with van der Waals surface area (Å²) >= 11 is 0. The van der Waals surface area contributed by atoms with Crippen LogP contribution < -0.4 is 10.1 Å². The molecule has 0 aliphatic heterocycles. The molecule has 2 N–H and O–H groups in total. The number of halogens is 1. The Hall–Kier alpha value is -2.11. The molecule has 1 amide bonds. The Labute approximate surface area is 116 Å². The smallest absolute Gasteiger partial charge is 0.303 e. The van der Waals surface area contributed by atoms with Crippen molar-refractivity contribution < 1.29 is 23.8 Å². The highest BCUT2D eigenvalue weighted by Gasteiger charge is 2.09. The fourth-order valence-electron chi connectivity index (χ4n) is 1.55. The lowest BCUT2D eigenvalue weighted by atomic mass is 10.2. The third kappa shape index (κ3) is 6.72. The summed E-state index contributed by atoms with van der Waals surface area (Å²) in [7, 11) is 0. The molecule has 5 nitrogen and oxygen atoms in total. The molecule has 0 saturated carbocycles. The number of amides is 1. The van der Waals surface area contributed by atoms with Gasteiger partial charge in [-0.25, -0.2) is 4.39 Å². The number of hydrogen-bond acceptors (Lipinski definition) is 3. The predicted octanol–water partition coefficient (Wildman–Crippen LogP) is 1.96. The molecular formula is C14H18FNO4. The maximum absolute atomic E-state index is 12.6. The summed E-state index contributed by atoms with van der Waals surface area (Å²) in [6.07, 6.45) is 0.572. The van der Waals surface area contributed by atoms with Crippen LogP contribution in [-0.2, 0) is 9.59 Å². The van der Waals surface area contributed by atoms with E-state index in [0.717, 1.165) is 0 Å². The van der Waals surface area contributed by atoms with E-state index in [4.69, 9.17) is 9.84 Å². The average Bonchev–Trinajstić information content (AvgIpc) is 2.38. The highest BCUT2D eigenvalue weighted by molar-refractivity contribution is 5.76. The second kappa shape index (κ2) is 8.14. The maximum Gasteiger partial charge on any atom is 0.303 e. The Morgan fingerprint density at radius 1 is 1.30 bits per heavy atom. The normalized spacial score (nSPS) is 11.7. The maximum atomic E-state index is 12.6. The first-order chi connectivity index (χ1) is 9.47. The number of carbonyl (C=O) groups is 2. The number of carbonyl (C=O) groups excluding carboxylic acids is 1. The summed E-state index contributed by atoms with van der Waals surface area (Å²) in [4.78, 5) is 21.9. The van der Waals surface area contributed by atoms with Crippen LogP contribution >= 0.6 is 0 Å². The third-order valence-corrected chi connectivity index (χ3v) is 2.61. The summed E-state index contributed by atoms with van der Waals surface area (Å²) in [5.41, 5.74) is 0. The average molecular weight is 283 g/mol. The SMILES string of the molecule is CC(CCC(=O)O)NC(=O)CCOc1ccc(F)cc1. The molecule has 1 unspecified atom stereocenters. The zero-order valence-electron chi connectivity index (χ0n) is 11.3. The Morgan fingerprint density at radius 2 is 1.95 bits per heavy atom. The minimum Gasteiger partial charge on any atom is -0.493 e. The van der Waals surface area contributed by atoms with Crippen LogP contribution in [0.15, 0.2) is 24.3 Å². The second-order valence-corrected chi connectivity index (χ2v) is 4.45. The zero-order chi connectivity index (χ0) is 15.0. The van der Waals surface area contributed by atoms with Crippen molar-refractivity contribution in [2.45, 2.75) is 32.2 Å². The van der Waals surface area contributed by atoms with Gasteiger partial charge in [-0.15, -0.1) is 0 Å². The topological polar surface area (TPSA) is 75.6 Å². The summed E-state index contributed by atoms with van der Waals surface area (Å²) in [6.45, 7) is 1.94. The Bertz CT molecular complexity index is 447. The fraction of sp³-hybridized carbons (Fsp3) is 0.429. The number of carboxylic acid groups (broad SMARTS) is 1. The quantitative estimate of drug-likeness (QED) is 0.764. The van der Waals surface area contributed by atoms with Gasteiger partial charge in [0, 0.05) is 12.5 Å². The molecule has 110 valence electrons. The number of rotatable bonds is 8. The van der Waals surface area contributed by atoms with Crippen LogP contribution in [0.1, 0.15) is 26.2 Å². The summed E-state index contributed by atoms with van der Waals surface area (Å²) in [5, 5.41) is 11.2. The van der Waals surface area contributed by atoms with Gasteiger partial charge in [0.2, 0.25) is 5.91 Å². The molecule has 20 heavy (non-hydrogen) atoms. The van der Waals surface area contributed by atoms with Crippen molar-refractivity contribution in [1.29, 1.82) is 0 Å². The molecule has 1 aromatic rings. The monoisotopic (exact) mass is 283 g/mol. The van der Waals surface area contributed by atoms with Gasteiger partial charge < -0.3 is 15.2 Å². The van der Waals surface area contributed by atoms with Crippen molar-refractivity contribution in [2.75, 3.05) is 6.61 Å². The van der Waals surface area contributed by atoms with E-state index in [2.05, 4.69) is 5.32 Å². The van der Waals surface area contributed by atoms with Gasteiger partial charge in [-0.05, 0) is 37.6 Å². The third-order valence-electron chi connectivity index (χ3n) is 2.61. The first-order valence-electron chi connectivity index (χ1n) is 6.37. The highest BCUT2D eigenvalue weighted by Crippen LogP contribution is 2.11. The minimum absolute atomic E-state index is 0.0214. The van der Waals surface area contributed by atoms with Gasteiger partial charge in [-0.3, -0.25) is 9.59 Å². The molecule has 0 aliphatic rings. The Balaban J connectivity index is 2.19. The largest absolute Gasteiger partial charge is 0.493 e. The van der Waals surface area contributed by atoms with Gasteiger partial charge in [0.1, 0.15) is 11.6 Å². The van der Waals surface area contributed by atoms with Crippen LogP contribution in [-0.4, -0.2) is 29.6 Å². The number of benzene rings is 1. The van der Waals surface area contributed by atoms with Crippen LogP contribution in [0, 0.1) is 5.82 Å².